The molecule has 1 unspecified atom stereocenters. The number of ether oxygens (including phenoxy) is 3. The molecule has 0 bridgehead atoms. The van der Waals surface area contributed by atoms with Gasteiger partial charge in [-0.15, -0.1) is 0 Å². The molecule has 0 heterocycles. The Labute approximate surface area is 310 Å². The van der Waals surface area contributed by atoms with Crippen LogP contribution in [0.2, 0.25) is 0 Å². The molecule has 0 aromatic rings. The summed E-state index contributed by atoms with van der Waals surface area (Å²) in [4.78, 5) is 25.1. The maximum Gasteiger partial charge on any atom is 0.306 e. The molecule has 0 N–H and O–H groups in total. The van der Waals surface area contributed by atoms with Gasteiger partial charge in [0, 0.05) is 19.4 Å². The minimum absolute atomic E-state index is 0.0667. The number of hydrogen-bond acceptors (Lipinski definition) is 5. The molecule has 50 heavy (non-hydrogen) atoms. The van der Waals surface area contributed by atoms with Gasteiger partial charge in [-0.25, -0.2) is 0 Å². The van der Waals surface area contributed by atoms with Crippen molar-refractivity contribution in [3.8, 4) is 0 Å². The van der Waals surface area contributed by atoms with Crippen molar-refractivity contribution in [1.29, 1.82) is 0 Å². The molecule has 0 aliphatic heterocycles. The van der Waals surface area contributed by atoms with Gasteiger partial charge in [0.2, 0.25) is 0 Å². The number of rotatable bonds is 38. The zero-order valence-corrected chi connectivity index (χ0v) is 33.2. The van der Waals surface area contributed by atoms with Gasteiger partial charge in [0.1, 0.15) is 6.61 Å². The first-order valence-corrected chi connectivity index (χ1v) is 21.2. The van der Waals surface area contributed by atoms with Gasteiger partial charge in [-0.05, 0) is 51.4 Å². The van der Waals surface area contributed by atoms with Crippen LogP contribution in [0, 0.1) is 0 Å². The lowest BCUT2D eigenvalue weighted by molar-refractivity contribution is -0.163. The summed E-state index contributed by atoms with van der Waals surface area (Å²) in [6.45, 7) is 7.55. The molecule has 0 radical (unpaired) electrons. The minimum Gasteiger partial charge on any atom is -0.462 e. The SMILES string of the molecule is CC/C=C\C/C=C\C/C=C\C/C=C\CCCOCC(COC(=O)CCCCCCCCCCCCC)OC(=O)CCCCCCCCCCC. The maximum absolute atomic E-state index is 12.6. The van der Waals surface area contributed by atoms with E-state index < -0.39 is 6.10 Å². The first-order valence-electron chi connectivity index (χ1n) is 21.2. The summed E-state index contributed by atoms with van der Waals surface area (Å²) < 4.78 is 17.2. The summed E-state index contributed by atoms with van der Waals surface area (Å²) in [5.41, 5.74) is 0. The molecular formula is C45H80O5. The Morgan fingerprint density at radius 1 is 0.460 bits per heavy atom. The second-order valence-electron chi connectivity index (χ2n) is 13.9. The quantitative estimate of drug-likeness (QED) is 0.0364. The molecule has 0 fully saturated rings. The van der Waals surface area contributed by atoms with E-state index in [1.54, 1.807) is 0 Å². The van der Waals surface area contributed by atoms with Crippen molar-refractivity contribution in [2.75, 3.05) is 19.8 Å². The average molecular weight is 701 g/mol. The molecule has 0 amide bonds. The smallest absolute Gasteiger partial charge is 0.306 e. The summed E-state index contributed by atoms with van der Waals surface area (Å²) in [5, 5.41) is 0. The van der Waals surface area contributed by atoms with Crippen LogP contribution in [-0.4, -0.2) is 37.9 Å². The van der Waals surface area contributed by atoms with E-state index in [0.29, 0.717) is 19.4 Å². The number of carbonyl (C=O) groups is 2. The summed E-state index contributed by atoms with van der Waals surface area (Å²) >= 11 is 0. The number of esters is 2. The van der Waals surface area contributed by atoms with Crippen molar-refractivity contribution in [3.63, 3.8) is 0 Å². The molecule has 0 aromatic heterocycles. The third kappa shape index (κ3) is 38.7. The van der Waals surface area contributed by atoms with Gasteiger partial charge in [0.15, 0.2) is 6.10 Å². The highest BCUT2D eigenvalue weighted by Crippen LogP contribution is 2.14. The molecule has 290 valence electrons. The second kappa shape index (κ2) is 41.3. The van der Waals surface area contributed by atoms with Gasteiger partial charge in [-0.1, -0.05) is 185 Å². The Morgan fingerprint density at radius 3 is 1.36 bits per heavy atom. The lowest BCUT2D eigenvalue weighted by atomic mass is 10.1. The molecule has 1 atom stereocenters. The first kappa shape index (κ1) is 47.9. The third-order valence-electron chi connectivity index (χ3n) is 8.88. The fourth-order valence-electron chi connectivity index (χ4n) is 5.75. The van der Waals surface area contributed by atoms with E-state index in [4.69, 9.17) is 14.2 Å². The van der Waals surface area contributed by atoms with Gasteiger partial charge in [-0.2, -0.15) is 0 Å². The van der Waals surface area contributed by atoms with Crippen LogP contribution in [0.15, 0.2) is 48.6 Å². The van der Waals surface area contributed by atoms with Crippen LogP contribution in [0.1, 0.15) is 201 Å². The molecule has 5 heteroatoms. The molecule has 0 saturated heterocycles. The molecule has 0 saturated carbocycles. The molecule has 0 aromatic carbocycles. The van der Waals surface area contributed by atoms with Gasteiger partial charge < -0.3 is 14.2 Å². The van der Waals surface area contributed by atoms with Crippen molar-refractivity contribution >= 4 is 11.9 Å². The topological polar surface area (TPSA) is 61.8 Å². The Morgan fingerprint density at radius 2 is 0.880 bits per heavy atom. The predicted octanol–water partition coefficient (Wildman–Crippen LogP) is 13.7. The largest absolute Gasteiger partial charge is 0.462 e. The Balaban J connectivity index is 4.31. The number of unbranched alkanes of at least 4 members (excludes halogenated alkanes) is 19. The predicted molar refractivity (Wildman–Crippen MR) is 215 cm³/mol. The zero-order valence-electron chi connectivity index (χ0n) is 33.2. The van der Waals surface area contributed by atoms with E-state index in [1.165, 1.54) is 103 Å². The Bertz CT molecular complexity index is 842. The van der Waals surface area contributed by atoms with Gasteiger partial charge in [-0.3, -0.25) is 9.59 Å². The van der Waals surface area contributed by atoms with E-state index in [-0.39, 0.29) is 25.2 Å². The maximum atomic E-state index is 12.6. The van der Waals surface area contributed by atoms with Crippen LogP contribution in [-0.2, 0) is 23.8 Å². The normalized spacial score (nSPS) is 12.6. The van der Waals surface area contributed by atoms with E-state index in [9.17, 15) is 9.59 Å². The summed E-state index contributed by atoms with van der Waals surface area (Å²) in [5.74, 6) is -0.428. The summed E-state index contributed by atoms with van der Waals surface area (Å²) in [6, 6.07) is 0. The lowest BCUT2D eigenvalue weighted by Gasteiger charge is -2.18. The van der Waals surface area contributed by atoms with Crippen molar-refractivity contribution < 1.29 is 23.8 Å². The summed E-state index contributed by atoms with van der Waals surface area (Å²) in [6.07, 6.45) is 48.3. The van der Waals surface area contributed by atoms with E-state index in [0.717, 1.165) is 64.2 Å². The van der Waals surface area contributed by atoms with E-state index >= 15 is 0 Å². The molecule has 0 rings (SSSR count). The fraction of sp³-hybridized carbons (Fsp3) is 0.778. The minimum atomic E-state index is -0.556. The fourth-order valence-corrected chi connectivity index (χ4v) is 5.75. The molecule has 5 nitrogen and oxygen atoms in total. The highest BCUT2D eigenvalue weighted by Gasteiger charge is 2.17. The molecular weight excluding hydrogens is 620 g/mol. The third-order valence-corrected chi connectivity index (χ3v) is 8.88. The van der Waals surface area contributed by atoms with Crippen LogP contribution in [0.5, 0.6) is 0 Å². The van der Waals surface area contributed by atoms with Crippen molar-refractivity contribution in [1.82, 2.24) is 0 Å². The Hall–Kier alpha value is -2.14. The second-order valence-corrected chi connectivity index (χ2v) is 13.9. The van der Waals surface area contributed by atoms with Gasteiger partial charge in [0.05, 0.1) is 6.61 Å². The van der Waals surface area contributed by atoms with Crippen LogP contribution < -0.4 is 0 Å². The lowest BCUT2D eigenvalue weighted by Crippen LogP contribution is -2.30. The molecule has 0 spiro atoms. The average Bonchev–Trinajstić information content (AvgIpc) is 3.11. The van der Waals surface area contributed by atoms with Crippen LogP contribution in [0.3, 0.4) is 0 Å². The van der Waals surface area contributed by atoms with E-state index in [1.807, 2.05) is 0 Å². The van der Waals surface area contributed by atoms with Crippen molar-refractivity contribution in [2.45, 2.75) is 207 Å². The number of carbonyl (C=O) groups excluding carboxylic acids is 2. The van der Waals surface area contributed by atoms with Crippen molar-refractivity contribution in [3.05, 3.63) is 48.6 Å². The van der Waals surface area contributed by atoms with Crippen LogP contribution >= 0.6 is 0 Å². The standard InChI is InChI=1S/C45H80O5/c1-4-7-10-13-16-19-21-22-23-25-28-31-34-37-40-48-41-43(50-45(47)39-36-33-30-26-18-15-12-9-6-3)42-49-44(46)38-35-32-29-27-24-20-17-14-11-8-5-2/h7,10,16,19,22-23,28,31,43H,4-6,8-9,11-15,17-18,20-21,24-27,29-30,32-42H2,1-3H3/b10-7-,19-16-,23-22-,31-28-. The van der Waals surface area contributed by atoms with Gasteiger partial charge >= 0.3 is 11.9 Å². The van der Waals surface area contributed by atoms with Crippen molar-refractivity contribution in [2.24, 2.45) is 0 Å². The van der Waals surface area contributed by atoms with Crippen LogP contribution in [0.4, 0.5) is 0 Å². The first-order chi connectivity index (χ1) is 24.6. The number of allylic oxidation sites excluding steroid dienone is 8. The summed E-state index contributed by atoms with van der Waals surface area (Å²) in [7, 11) is 0. The number of hydrogen-bond donors (Lipinski definition) is 0. The Kier molecular flexibility index (Phi) is 39.5. The van der Waals surface area contributed by atoms with E-state index in [2.05, 4.69) is 69.4 Å². The molecule has 0 aliphatic rings. The van der Waals surface area contributed by atoms with Crippen LogP contribution in [0.25, 0.3) is 0 Å². The van der Waals surface area contributed by atoms with Gasteiger partial charge in [0.25, 0.3) is 0 Å². The zero-order chi connectivity index (χ0) is 36.4. The highest BCUT2D eigenvalue weighted by atomic mass is 16.6. The highest BCUT2D eigenvalue weighted by molar-refractivity contribution is 5.70. The monoisotopic (exact) mass is 701 g/mol. The molecule has 0 aliphatic carbocycles.